The lowest BCUT2D eigenvalue weighted by atomic mass is 9.74. The van der Waals surface area contributed by atoms with E-state index in [4.69, 9.17) is 9.47 Å². The molecule has 1 spiro atoms. The van der Waals surface area contributed by atoms with Crippen LogP contribution in [-0.2, 0) is 26.3 Å². The smallest absolute Gasteiger partial charge is 0.341 e. The fraction of sp³-hybridized carbons (Fsp3) is 0.562. The zero-order valence-electron chi connectivity index (χ0n) is 11.6. The molecular weight excluding hydrogens is 240 g/mol. The van der Waals surface area contributed by atoms with E-state index in [0.29, 0.717) is 13.0 Å². The van der Waals surface area contributed by atoms with Crippen LogP contribution in [0.25, 0.3) is 0 Å². The molecule has 2 unspecified atom stereocenters. The van der Waals surface area contributed by atoms with Gasteiger partial charge in [-0.05, 0) is 43.7 Å². The Morgan fingerprint density at radius 3 is 2.89 bits per heavy atom. The van der Waals surface area contributed by atoms with Crippen molar-refractivity contribution in [2.45, 2.75) is 50.7 Å². The van der Waals surface area contributed by atoms with Gasteiger partial charge in [0.15, 0.2) is 5.60 Å². The summed E-state index contributed by atoms with van der Waals surface area (Å²) in [4.78, 5) is 12.3. The minimum Gasteiger partial charge on any atom is -0.464 e. The van der Waals surface area contributed by atoms with E-state index in [-0.39, 0.29) is 5.97 Å². The van der Waals surface area contributed by atoms with Crippen LogP contribution in [0.5, 0.6) is 0 Å². The molecule has 0 aromatic heterocycles. The first-order valence-corrected chi connectivity index (χ1v) is 7.16. The molecule has 0 bridgehead atoms. The highest BCUT2D eigenvalue weighted by molar-refractivity contribution is 5.85. The second-order valence-electron chi connectivity index (χ2n) is 5.34. The number of fused-ring (bicyclic) bond motifs is 2. The topological polar surface area (TPSA) is 38.8 Å². The number of carbonyl (C=O) groups is 1. The van der Waals surface area contributed by atoms with Gasteiger partial charge >= 0.3 is 5.97 Å². The molecule has 0 N–H and O–H groups in total. The van der Waals surface area contributed by atoms with E-state index in [1.54, 1.807) is 0 Å². The van der Waals surface area contributed by atoms with E-state index < -0.39 is 11.2 Å². The van der Waals surface area contributed by atoms with Crippen LogP contribution in [0.4, 0.5) is 0 Å². The van der Waals surface area contributed by atoms with Crippen LogP contribution in [0.3, 0.4) is 0 Å². The number of aryl methyl sites for hydroxylation is 1. The second-order valence-corrected chi connectivity index (χ2v) is 5.34. The molecule has 0 radical (unpaired) electrons. The van der Waals surface area contributed by atoms with Crippen LogP contribution in [-0.4, -0.2) is 18.2 Å². The first kappa shape index (κ1) is 12.7. The molecule has 1 aromatic carbocycles. The van der Waals surface area contributed by atoms with Crippen molar-refractivity contribution in [3.8, 4) is 0 Å². The molecule has 2 atom stereocenters. The van der Waals surface area contributed by atoms with E-state index in [2.05, 4.69) is 18.2 Å². The zero-order chi connectivity index (χ0) is 13.5. The highest BCUT2D eigenvalue weighted by atomic mass is 16.7. The van der Waals surface area contributed by atoms with Gasteiger partial charge in [0.2, 0.25) is 0 Å². The van der Waals surface area contributed by atoms with Crippen molar-refractivity contribution in [1.82, 2.24) is 0 Å². The number of ether oxygens (including phenoxy) is 2. The van der Waals surface area contributed by atoms with Gasteiger partial charge in [-0.1, -0.05) is 31.2 Å². The maximum absolute atomic E-state index is 12.3. The number of esters is 1. The number of benzene rings is 1. The second kappa shape index (κ2) is 4.34. The molecule has 3 heteroatoms. The minimum atomic E-state index is -0.750. The molecule has 0 amide bonds. The van der Waals surface area contributed by atoms with E-state index in [1.165, 1.54) is 11.1 Å². The first-order valence-electron chi connectivity index (χ1n) is 7.16. The lowest BCUT2D eigenvalue weighted by Crippen LogP contribution is -2.36. The molecular formula is C16H20O3. The molecule has 1 saturated heterocycles. The van der Waals surface area contributed by atoms with E-state index >= 15 is 0 Å². The normalized spacial score (nSPS) is 31.9. The Bertz CT molecular complexity index is 510. The van der Waals surface area contributed by atoms with Gasteiger partial charge in [0.1, 0.15) is 5.60 Å². The Labute approximate surface area is 113 Å². The van der Waals surface area contributed by atoms with Crippen molar-refractivity contribution in [2.24, 2.45) is 0 Å². The fourth-order valence-corrected chi connectivity index (χ4v) is 3.55. The van der Waals surface area contributed by atoms with Gasteiger partial charge < -0.3 is 9.47 Å². The van der Waals surface area contributed by atoms with Crippen LogP contribution < -0.4 is 0 Å². The number of hydrogen-bond acceptors (Lipinski definition) is 3. The number of rotatable bonds is 3. The molecule has 1 aliphatic heterocycles. The number of carbonyl (C=O) groups excluding carboxylic acids is 1. The molecule has 19 heavy (non-hydrogen) atoms. The van der Waals surface area contributed by atoms with Crippen molar-refractivity contribution < 1.29 is 14.3 Å². The first-order chi connectivity index (χ1) is 9.20. The fourth-order valence-electron chi connectivity index (χ4n) is 3.55. The summed E-state index contributed by atoms with van der Waals surface area (Å²) in [6, 6.07) is 8.33. The molecule has 0 saturated carbocycles. The Morgan fingerprint density at radius 1 is 1.37 bits per heavy atom. The summed E-state index contributed by atoms with van der Waals surface area (Å²) in [6.45, 7) is 4.25. The summed E-state index contributed by atoms with van der Waals surface area (Å²) < 4.78 is 11.3. The lowest BCUT2D eigenvalue weighted by molar-refractivity contribution is -0.149. The summed E-state index contributed by atoms with van der Waals surface area (Å²) >= 11 is 0. The summed E-state index contributed by atoms with van der Waals surface area (Å²) in [5.74, 6) is -0.200. The molecule has 102 valence electrons. The maximum atomic E-state index is 12.3. The van der Waals surface area contributed by atoms with Crippen LogP contribution in [0.2, 0.25) is 0 Å². The minimum absolute atomic E-state index is 0.200. The third-order valence-electron chi connectivity index (χ3n) is 4.49. The summed E-state index contributed by atoms with van der Waals surface area (Å²) in [5, 5.41) is 0. The van der Waals surface area contributed by atoms with Gasteiger partial charge in [-0.15, -0.1) is 0 Å². The van der Waals surface area contributed by atoms with E-state index in [9.17, 15) is 4.79 Å². The SMILES string of the molecule is CCOC(=O)C1(CC)OC12CCCc1ccccc12. The van der Waals surface area contributed by atoms with Crippen LogP contribution >= 0.6 is 0 Å². The maximum Gasteiger partial charge on any atom is 0.341 e. The summed E-state index contributed by atoms with van der Waals surface area (Å²) in [5.41, 5.74) is 1.33. The predicted molar refractivity (Wildman–Crippen MR) is 71.8 cm³/mol. The standard InChI is InChI=1S/C16H20O3/c1-3-15(14(17)18-4-2)16(19-15)11-7-9-12-8-5-6-10-13(12)16/h5-6,8,10H,3-4,7,9,11H2,1-2H3. The summed E-state index contributed by atoms with van der Waals surface area (Å²) in [6.07, 6.45) is 3.72. The lowest BCUT2D eigenvalue weighted by Gasteiger charge is -2.25. The van der Waals surface area contributed by atoms with Crippen LogP contribution in [0.15, 0.2) is 24.3 Å². The average molecular weight is 260 g/mol. The highest BCUT2D eigenvalue weighted by Crippen LogP contribution is 2.63. The Kier molecular flexibility index (Phi) is 2.90. The molecule has 1 aliphatic carbocycles. The van der Waals surface area contributed by atoms with E-state index in [1.807, 2.05) is 19.9 Å². The molecule has 2 aliphatic rings. The number of hydrogen-bond donors (Lipinski definition) is 0. The monoisotopic (exact) mass is 260 g/mol. The van der Waals surface area contributed by atoms with Gasteiger partial charge in [0.25, 0.3) is 0 Å². The van der Waals surface area contributed by atoms with Gasteiger partial charge in [-0.2, -0.15) is 0 Å². The predicted octanol–water partition coefficient (Wildman–Crippen LogP) is 2.96. The van der Waals surface area contributed by atoms with E-state index in [0.717, 1.165) is 19.3 Å². The van der Waals surface area contributed by atoms with Crippen molar-refractivity contribution in [3.05, 3.63) is 35.4 Å². The Balaban J connectivity index is 2.01. The van der Waals surface area contributed by atoms with Crippen LogP contribution in [0, 0.1) is 0 Å². The Hall–Kier alpha value is -1.35. The molecule has 1 heterocycles. The molecule has 1 fully saturated rings. The molecule has 1 aromatic rings. The molecule has 3 nitrogen and oxygen atoms in total. The molecule has 3 rings (SSSR count). The van der Waals surface area contributed by atoms with Crippen molar-refractivity contribution in [2.75, 3.05) is 6.61 Å². The van der Waals surface area contributed by atoms with Crippen molar-refractivity contribution in [3.63, 3.8) is 0 Å². The Morgan fingerprint density at radius 2 is 2.16 bits per heavy atom. The van der Waals surface area contributed by atoms with Gasteiger partial charge in [-0.3, -0.25) is 0 Å². The number of epoxide rings is 1. The zero-order valence-corrected chi connectivity index (χ0v) is 11.6. The third kappa shape index (κ3) is 1.57. The highest BCUT2D eigenvalue weighted by Gasteiger charge is 2.75. The summed E-state index contributed by atoms with van der Waals surface area (Å²) in [7, 11) is 0. The van der Waals surface area contributed by atoms with Crippen molar-refractivity contribution in [1.29, 1.82) is 0 Å². The van der Waals surface area contributed by atoms with Gasteiger partial charge in [0.05, 0.1) is 6.61 Å². The van der Waals surface area contributed by atoms with Crippen molar-refractivity contribution >= 4 is 5.97 Å². The van der Waals surface area contributed by atoms with Gasteiger partial charge in [0, 0.05) is 0 Å². The van der Waals surface area contributed by atoms with Gasteiger partial charge in [-0.25, -0.2) is 4.79 Å². The average Bonchev–Trinajstić information content (AvgIpc) is 3.10. The third-order valence-corrected chi connectivity index (χ3v) is 4.49. The quantitative estimate of drug-likeness (QED) is 0.619. The van der Waals surface area contributed by atoms with Crippen LogP contribution in [0.1, 0.15) is 44.2 Å². The largest absolute Gasteiger partial charge is 0.464 e.